The molecule has 9 heteroatoms. The molecule has 0 fully saturated rings. The van der Waals surface area contributed by atoms with E-state index < -0.39 is 23.8 Å². The van der Waals surface area contributed by atoms with Crippen molar-refractivity contribution >= 4 is 11.7 Å². The highest BCUT2D eigenvalue weighted by Crippen LogP contribution is 2.26. The SMILES string of the molecule is Cc1cc(C(=O)NCc2ccc(F)c(OC(F)(F)F)c2)cc(CC(=O)C(C)C)n1. The van der Waals surface area contributed by atoms with Crippen LogP contribution in [0, 0.1) is 18.7 Å². The van der Waals surface area contributed by atoms with Crippen molar-refractivity contribution in [3.05, 3.63) is 58.7 Å². The Labute approximate surface area is 165 Å². The quantitative estimate of drug-likeness (QED) is 0.695. The number of alkyl halides is 3. The number of hydrogen-bond acceptors (Lipinski definition) is 4. The molecule has 0 atom stereocenters. The molecule has 0 saturated heterocycles. The number of aryl methyl sites for hydroxylation is 1. The van der Waals surface area contributed by atoms with E-state index >= 15 is 0 Å². The summed E-state index contributed by atoms with van der Waals surface area (Å²) in [6, 6.07) is 5.96. The lowest BCUT2D eigenvalue weighted by Crippen LogP contribution is -2.24. The number of carbonyl (C=O) groups excluding carboxylic acids is 2. The van der Waals surface area contributed by atoms with Gasteiger partial charge < -0.3 is 10.1 Å². The zero-order valence-corrected chi connectivity index (χ0v) is 16.1. The number of rotatable bonds is 7. The molecule has 0 aliphatic carbocycles. The van der Waals surface area contributed by atoms with Crippen molar-refractivity contribution in [1.82, 2.24) is 10.3 Å². The van der Waals surface area contributed by atoms with Gasteiger partial charge in [0.15, 0.2) is 11.6 Å². The molecule has 156 valence electrons. The maximum absolute atomic E-state index is 13.5. The third-order valence-corrected chi connectivity index (χ3v) is 3.94. The first-order valence-electron chi connectivity index (χ1n) is 8.77. The maximum atomic E-state index is 13.5. The van der Waals surface area contributed by atoms with Crippen molar-refractivity contribution in [3.8, 4) is 5.75 Å². The second kappa shape index (κ2) is 9.02. The molecule has 0 unspecified atom stereocenters. The molecule has 1 aromatic heterocycles. The fraction of sp³-hybridized carbons (Fsp3) is 0.350. The van der Waals surface area contributed by atoms with Crippen LogP contribution in [-0.4, -0.2) is 23.0 Å². The van der Waals surface area contributed by atoms with Crippen LogP contribution in [0.1, 0.15) is 41.2 Å². The monoisotopic (exact) mass is 412 g/mol. The number of nitrogens with one attached hydrogen (secondary N) is 1. The highest BCUT2D eigenvalue weighted by molar-refractivity contribution is 5.94. The van der Waals surface area contributed by atoms with Crippen LogP contribution in [0.25, 0.3) is 0 Å². The van der Waals surface area contributed by atoms with Crippen LogP contribution in [0.4, 0.5) is 17.6 Å². The summed E-state index contributed by atoms with van der Waals surface area (Å²) >= 11 is 0. The molecule has 0 radical (unpaired) electrons. The Morgan fingerprint density at radius 3 is 2.48 bits per heavy atom. The number of benzene rings is 1. The van der Waals surface area contributed by atoms with Crippen LogP contribution >= 0.6 is 0 Å². The topological polar surface area (TPSA) is 68.3 Å². The molecule has 0 aliphatic heterocycles. The normalized spacial score (nSPS) is 11.4. The van der Waals surface area contributed by atoms with Crippen LogP contribution in [0.3, 0.4) is 0 Å². The summed E-state index contributed by atoms with van der Waals surface area (Å²) in [6.45, 7) is 5.08. The van der Waals surface area contributed by atoms with Crippen molar-refractivity contribution in [3.63, 3.8) is 0 Å². The molecule has 2 rings (SSSR count). The predicted molar refractivity (Wildman–Crippen MR) is 96.8 cm³/mol. The minimum absolute atomic E-state index is 0.0158. The van der Waals surface area contributed by atoms with Crippen molar-refractivity contribution in [2.45, 2.75) is 40.1 Å². The van der Waals surface area contributed by atoms with E-state index in [1.54, 1.807) is 20.8 Å². The molecular formula is C20H20F4N2O3. The van der Waals surface area contributed by atoms with E-state index in [0.717, 1.165) is 12.1 Å². The van der Waals surface area contributed by atoms with Crippen molar-refractivity contribution in [2.24, 2.45) is 5.92 Å². The van der Waals surface area contributed by atoms with Crippen LogP contribution in [0.15, 0.2) is 30.3 Å². The number of carbonyl (C=O) groups is 2. The van der Waals surface area contributed by atoms with Gasteiger partial charge in [0.25, 0.3) is 5.91 Å². The first-order valence-corrected chi connectivity index (χ1v) is 8.77. The molecular weight excluding hydrogens is 392 g/mol. The number of pyridine rings is 1. The summed E-state index contributed by atoms with van der Waals surface area (Å²) in [5.41, 5.74) is 1.49. The van der Waals surface area contributed by atoms with E-state index in [9.17, 15) is 27.2 Å². The van der Waals surface area contributed by atoms with Crippen molar-refractivity contribution in [1.29, 1.82) is 0 Å². The Kier molecular flexibility index (Phi) is 6.94. The average Bonchev–Trinajstić information content (AvgIpc) is 2.60. The van der Waals surface area contributed by atoms with Crippen LogP contribution in [-0.2, 0) is 17.8 Å². The Balaban J connectivity index is 2.10. The van der Waals surface area contributed by atoms with Crippen molar-refractivity contribution in [2.75, 3.05) is 0 Å². The smallest absolute Gasteiger partial charge is 0.403 e. The number of amides is 1. The van der Waals surface area contributed by atoms with E-state index in [-0.39, 0.29) is 35.8 Å². The lowest BCUT2D eigenvalue weighted by Gasteiger charge is -2.12. The van der Waals surface area contributed by atoms with E-state index in [1.807, 2.05) is 0 Å². The molecule has 0 aliphatic rings. The summed E-state index contributed by atoms with van der Waals surface area (Å²) in [6.07, 6.45) is -4.93. The fourth-order valence-electron chi connectivity index (χ4n) is 2.49. The minimum atomic E-state index is -5.03. The second-order valence-corrected chi connectivity index (χ2v) is 6.78. The zero-order valence-electron chi connectivity index (χ0n) is 16.1. The molecule has 0 bridgehead atoms. The molecule has 1 amide bonds. The summed E-state index contributed by atoms with van der Waals surface area (Å²) < 4.78 is 54.0. The first kappa shape index (κ1) is 22.3. The summed E-state index contributed by atoms with van der Waals surface area (Å²) in [5.74, 6) is -2.82. The van der Waals surface area contributed by atoms with Gasteiger partial charge in [0.1, 0.15) is 5.78 Å². The van der Waals surface area contributed by atoms with Crippen LogP contribution in [0.2, 0.25) is 0 Å². The van der Waals surface area contributed by atoms with Gasteiger partial charge >= 0.3 is 6.36 Å². The van der Waals surface area contributed by atoms with Gasteiger partial charge in [-0.1, -0.05) is 19.9 Å². The van der Waals surface area contributed by atoms with Gasteiger partial charge in [0.2, 0.25) is 0 Å². The molecule has 1 aromatic carbocycles. The van der Waals surface area contributed by atoms with E-state index in [2.05, 4.69) is 15.0 Å². The molecule has 29 heavy (non-hydrogen) atoms. The molecule has 0 spiro atoms. The molecule has 1 N–H and O–H groups in total. The van der Waals surface area contributed by atoms with Gasteiger partial charge in [-0.25, -0.2) is 4.39 Å². The number of nitrogens with zero attached hydrogens (tertiary/aromatic N) is 1. The minimum Gasteiger partial charge on any atom is -0.403 e. The number of aromatic nitrogens is 1. The summed E-state index contributed by atoms with van der Waals surface area (Å²) in [5, 5.41) is 2.54. The first-order chi connectivity index (χ1) is 13.4. The molecule has 1 heterocycles. The third kappa shape index (κ3) is 6.85. The molecule has 2 aromatic rings. The predicted octanol–water partition coefficient (Wildman–Crippen LogP) is 4.13. The summed E-state index contributed by atoms with van der Waals surface area (Å²) in [7, 11) is 0. The third-order valence-electron chi connectivity index (χ3n) is 3.94. The average molecular weight is 412 g/mol. The zero-order chi connectivity index (χ0) is 21.8. The van der Waals surface area contributed by atoms with Crippen LogP contribution in [0.5, 0.6) is 5.75 Å². The van der Waals surface area contributed by atoms with E-state index in [0.29, 0.717) is 11.4 Å². The Hall–Kier alpha value is -2.97. The van der Waals surface area contributed by atoms with Gasteiger partial charge in [0.05, 0.1) is 0 Å². The van der Waals surface area contributed by atoms with E-state index in [4.69, 9.17) is 0 Å². The standard InChI is InChI=1S/C20H20F4N2O3/c1-11(2)17(27)9-15-8-14(6-12(3)26-15)19(28)25-10-13-4-5-16(21)18(7-13)29-20(22,23)24/h4-8,11H,9-10H2,1-3H3,(H,25,28). The number of ether oxygens (including phenoxy) is 1. The second-order valence-electron chi connectivity index (χ2n) is 6.78. The lowest BCUT2D eigenvalue weighted by molar-refractivity contribution is -0.275. The molecule has 0 saturated carbocycles. The van der Waals surface area contributed by atoms with Crippen LogP contribution < -0.4 is 10.1 Å². The number of halogens is 4. The highest BCUT2D eigenvalue weighted by atomic mass is 19.4. The molecule has 5 nitrogen and oxygen atoms in total. The largest absolute Gasteiger partial charge is 0.573 e. The number of hydrogen-bond donors (Lipinski definition) is 1. The lowest BCUT2D eigenvalue weighted by atomic mass is 10.0. The van der Waals surface area contributed by atoms with Gasteiger partial charge in [-0.2, -0.15) is 0 Å². The Morgan fingerprint density at radius 2 is 1.86 bits per heavy atom. The van der Waals surface area contributed by atoms with E-state index in [1.165, 1.54) is 18.2 Å². The Morgan fingerprint density at radius 1 is 1.17 bits per heavy atom. The highest BCUT2D eigenvalue weighted by Gasteiger charge is 2.32. The number of Topliss-reactive ketones (excluding diaryl/α,β-unsaturated/α-hetero) is 1. The van der Waals surface area contributed by atoms with Crippen molar-refractivity contribution < 1.29 is 31.9 Å². The Bertz CT molecular complexity index is 911. The maximum Gasteiger partial charge on any atom is 0.573 e. The van der Waals surface area contributed by atoms with Gasteiger partial charge in [-0.05, 0) is 36.8 Å². The van der Waals surface area contributed by atoms with Gasteiger partial charge in [-0.3, -0.25) is 14.6 Å². The van der Waals surface area contributed by atoms with Gasteiger partial charge in [-0.15, -0.1) is 13.2 Å². The number of ketones is 1. The fourth-order valence-corrected chi connectivity index (χ4v) is 2.49. The van der Waals surface area contributed by atoms with Gasteiger partial charge in [0, 0.05) is 35.8 Å². The summed E-state index contributed by atoms with van der Waals surface area (Å²) in [4.78, 5) is 28.6.